The van der Waals surface area contributed by atoms with E-state index in [0.29, 0.717) is 13.0 Å². The number of nitrogens with zero attached hydrogens (tertiary/aromatic N) is 1. The molecule has 5 nitrogen and oxygen atoms in total. The Hall–Kier alpha value is -2.56. The maximum atomic E-state index is 12.5. The Balaban J connectivity index is 1.24. The van der Waals surface area contributed by atoms with E-state index in [1.165, 1.54) is 5.56 Å². The molecule has 5 heteroatoms. The highest BCUT2D eigenvalue weighted by Gasteiger charge is 2.61. The quantitative estimate of drug-likeness (QED) is 0.869. The van der Waals surface area contributed by atoms with Crippen LogP contribution in [0.3, 0.4) is 0 Å². The summed E-state index contributed by atoms with van der Waals surface area (Å²) in [7, 11) is 0. The highest BCUT2D eigenvalue weighted by Crippen LogP contribution is 2.58. The van der Waals surface area contributed by atoms with Gasteiger partial charge in [0.25, 0.3) is 0 Å². The van der Waals surface area contributed by atoms with Crippen LogP contribution in [-0.4, -0.2) is 29.8 Å². The van der Waals surface area contributed by atoms with Gasteiger partial charge in [-0.2, -0.15) is 0 Å². The molecule has 2 amide bonds. The topological polar surface area (TPSA) is 62.6 Å². The molecular weight excluding hydrogens is 328 g/mol. The summed E-state index contributed by atoms with van der Waals surface area (Å²) in [4.78, 5) is 26.8. The fourth-order valence-electron chi connectivity index (χ4n) is 4.04. The minimum absolute atomic E-state index is 0.00958. The minimum atomic E-state index is 0.00958. The Morgan fingerprint density at radius 1 is 1.19 bits per heavy atom. The first-order chi connectivity index (χ1) is 12.7. The summed E-state index contributed by atoms with van der Waals surface area (Å²) < 4.78 is 5.25. The molecule has 2 heterocycles. The molecule has 2 aliphatic rings. The lowest BCUT2D eigenvalue weighted by molar-refractivity contribution is -0.130. The van der Waals surface area contributed by atoms with E-state index in [1.54, 1.807) is 6.26 Å². The number of hydrogen-bond acceptors (Lipinski definition) is 3. The number of hydrogen-bond donors (Lipinski definition) is 1. The largest absolute Gasteiger partial charge is 0.467 e. The first-order valence-electron chi connectivity index (χ1n) is 9.28. The van der Waals surface area contributed by atoms with E-state index in [0.717, 1.165) is 38.1 Å². The van der Waals surface area contributed by atoms with Gasteiger partial charge in [0, 0.05) is 30.8 Å². The normalized spacial score (nSPS) is 24.0. The van der Waals surface area contributed by atoms with E-state index in [-0.39, 0.29) is 23.1 Å². The molecule has 1 spiro atoms. The Bertz CT molecular complexity index is 772. The molecule has 0 bridgehead atoms. The number of carbonyl (C=O) groups is 2. The second-order valence-electron chi connectivity index (χ2n) is 7.47. The van der Waals surface area contributed by atoms with Crippen molar-refractivity contribution in [1.29, 1.82) is 0 Å². The number of likely N-dealkylation sites (tertiary alicyclic amines) is 1. The van der Waals surface area contributed by atoms with Gasteiger partial charge in [-0.05, 0) is 37.0 Å². The van der Waals surface area contributed by atoms with Crippen LogP contribution in [0.25, 0.3) is 0 Å². The molecule has 1 aromatic heterocycles. The van der Waals surface area contributed by atoms with Crippen LogP contribution in [0.5, 0.6) is 0 Å². The summed E-state index contributed by atoms with van der Waals surface area (Å²) in [5.41, 5.74) is 1.20. The summed E-state index contributed by atoms with van der Waals surface area (Å²) in [5.74, 6) is 1.08. The van der Waals surface area contributed by atoms with E-state index in [2.05, 4.69) is 17.4 Å². The van der Waals surface area contributed by atoms with Crippen LogP contribution in [0.2, 0.25) is 0 Å². The van der Waals surface area contributed by atoms with Gasteiger partial charge < -0.3 is 14.6 Å². The molecular formula is C21H24N2O3. The average Bonchev–Trinajstić information content (AvgIpc) is 3.02. The molecule has 1 aliphatic heterocycles. The molecule has 1 aromatic carbocycles. The van der Waals surface area contributed by atoms with Crippen LogP contribution in [0.15, 0.2) is 53.1 Å². The van der Waals surface area contributed by atoms with E-state index in [1.807, 2.05) is 35.2 Å². The Morgan fingerprint density at radius 3 is 2.81 bits per heavy atom. The molecule has 2 atom stereocenters. The third-order valence-electron chi connectivity index (χ3n) is 5.73. The van der Waals surface area contributed by atoms with Crippen LogP contribution in [0.1, 0.15) is 30.6 Å². The van der Waals surface area contributed by atoms with Crippen LogP contribution in [0, 0.1) is 11.3 Å². The summed E-state index contributed by atoms with van der Waals surface area (Å²) in [6, 6.07) is 13.8. The summed E-state index contributed by atoms with van der Waals surface area (Å²) >= 11 is 0. The molecule has 26 heavy (non-hydrogen) atoms. The van der Waals surface area contributed by atoms with Crippen LogP contribution >= 0.6 is 0 Å². The zero-order chi connectivity index (χ0) is 18.0. The first kappa shape index (κ1) is 16.9. The summed E-state index contributed by atoms with van der Waals surface area (Å²) in [6.07, 6.45) is 4.74. The van der Waals surface area contributed by atoms with Gasteiger partial charge in [-0.25, -0.2) is 0 Å². The smallest absolute Gasteiger partial charge is 0.224 e. The van der Waals surface area contributed by atoms with Crippen molar-refractivity contribution >= 4 is 11.8 Å². The molecule has 0 unspecified atom stereocenters. The zero-order valence-corrected chi connectivity index (χ0v) is 14.8. The molecule has 1 saturated heterocycles. The average molecular weight is 352 g/mol. The SMILES string of the molecule is O=C(NCc1ccco1)[C@H]1C[C@@]12CCN(C(=O)CCc1ccccc1)C2. The van der Waals surface area contributed by atoms with Crippen LogP contribution in [0.4, 0.5) is 0 Å². The van der Waals surface area contributed by atoms with Gasteiger partial charge in [0.05, 0.1) is 12.8 Å². The predicted molar refractivity (Wildman–Crippen MR) is 97.1 cm³/mol. The van der Waals surface area contributed by atoms with E-state index in [9.17, 15) is 9.59 Å². The van der Waals surface area contributed by atoms with Crippen molar-refractivity contribution in [2.24, 2.45) is 11.3 Å². The Morgan fingerprint density at radius 2 is 2.04 bits per heavy atom. The molecule has 0 radical (unpaired) electrons. The van der Waals surface area contributed by atoms with Gasteiger partial charge in [-0.3, -0.25) is 9.59 Å². The van der Waals surface area contributed by atoms with E-state index in [4.69, 9.17) is 4.42 Å². The van der Waals surface area contributed by atoms with Gasteiger partial charge >= 0.3 is 0 Å². The maximum Gasteiger partial charge on any atom is 0.224 e. The third-order valence-corrected chi connectivity index (χ3v) is 5.73. The molecule has 1 aliphatic carbocycles. The number of carbonyl (C=O) groups excluding carboxylic acids is 2. The zero-order valence-electron chi connectivity index (χ0n) is 14.8. The van der Waals surface area contributed by atoms with E-state index < -0.39 is 0 Å². The predicted octanol–water partition coefficient (Wildman–Crippen LogP) is 2.77. The first-order valence-corrected chi connectivity index (χ1v) is 9.28. The highest BCUT2D eigenvalue weighted by molar-refractivity contribution is 5.83. The number of nitrogens with one attached hydrogen (secondary N) is 1. The summed E-state index contributed by atoms with van der Waals surface area (Å²) in [5, 5.41) is 2.95. The van der Waals surface area contributed by atoms with Crippen LogP contribution < -0.4 is 5.32 Å². The number of furan rings is 1. The monoisotopic (exact) mass is 352 g/mol. The third kappa shape index (κ3) is 3.52. The lowest BCUT2D eigenvalue weighted by atomic mass is 10.0. The number of aryl methyl sites for hydroxylation is 1. The molecule has 1 N–H and O–H groups in total. The summed E-state index contributed by atoms with van der Waals surface area (Å²) in [6.45, 7) is 1.92. The second-order valence-corrected chi connectivity index (χ2v) is 7.47. The van der Waals surface area contributed by atoms with Crippen molar-refractivity contribution in [3.8, 4) is 0 Å². The van der Waals surface area contributed by atoms with Gasteiger partial charge in [0.2, 0.25) is 11.8 Å². The second kappa shape index (κ2) is 6.98. The van der Waals surface area contributed by atoms with Crippen molar-refractivity contribution in [1.82, 2.24) is 10.2 Å². The van der Waals surface area contributed by atoms with Crippen molar-refractivity contribution in [2.45, 2.75) is 32.2 Å². The van der Waals surface area contributed by atoms with Gasteiger partial charge in [-0.15, -0.1) is 0 Å². The van der Waals surface area contributed by atoms with Crippen LogP contribution in [-0.2, 0) is 22.6 Å². The highest BCUT2D eigenvalue weighted by atomic mass is 16.3. The van der Waals surface area contributed by atoms with Gasteiger partial charge in [0.15, 0.2) is 0 Å². The molecule has 2 fully saturated rings. The maximum absolute atomic E-state index is 12.5. The number of rotatable bonds is 6. The lowest BCUT2D eigenvalue weighted by Crippen LogP contribution is -2.31. The minimum Gasteiger partial charge on any atom is -0.467 e. The Kier molecular flexibility index (Phi) is 4.53. The molecule has 136 valence electrons. The van der Waals surface area contributed by atoms with Crippen molar-refractivity contribution in [3.05, 3.63) is 60.1 Å². The number of benzene rings is 1. The lowest BCUT2D eigenvalue weighted by Gasteiger charge is -2.17. The molecule has 2 aromatic rings. The fraction of sp³-hybridized carbons (Fsp3) is 0.429. The van der Waals surface area contributed by atoms with Crippen molar-refractivity contribution < 1.29 is 14.0 Å². The molecule has 1 saturated carbocycles. The number of amides is 2. The van der Waals surface area contributed by atoms with Crippen molar-refractivity contribution in [3.63, 3.8) is 0 Å². The van der Waals surface area contributed by atoms with Gasteiger partial charge in [0.1, 0.15) is 5.76 Å². The van der Waals surface area contributed by atoms with Crippen molar-refractivity contribution in [2.75, 3.05) is 13.1 Å². The van der Waals surface area contributed by atoms with Gasteiger partial charge in [-0.1, -0.05) is 30.3 Å². The Labute approximate surface area is 153 Å². The standard InChI is InChI=1S/C21H24N2O3/c24-19(9-8-16-5-2-1-3-6-16)23-11-10-21(15-23)13-18(21)20(25)22-14-17-7-4-12-26-17/h1-7,12,18H,8-11,13-15H2,(H,22,25)/t18-,21-/m1/s1. The van der Waals surface area contributed by atoms with E-state index >= 15 is 0 Å². The fourth-order valence-corrected chi connectivity index (χ4v) is 4.04. The molecule has 4 rings (SSSR count).